The summed E-state index contributed by atoms with van der Waals surface area (Å²) < 4.78 is 10.4. The van der Waals surface area contributed by atoms with Gasteiger partial charge in [0.25, 0.3) is 0 Å². The Hall–Kier alpha value is -2.88. The summed E-state index contributed by atoms with van der Waals surface area (Å²) in [6, 6.07) is 7.07. The molecule has 0 saturated carbocycles. The minimum atomic E-state index is -0.509. The van der Waals surface area contributed by atoms with Gasteiger partial charge in [-0.3, -0.25) is 0 Å². The molecule has 0 N–H and O–H groups in total. The van der Waals surface area contributed by atoms with E-state index in [0.29, 0.717) is 11.5 Å². The zero-order chi connectivity index (χ0) is 16.3. The number of hydrogen-bond donors (Lipinski definition) is 0. The lowest BCUT2D eigenvalue weighted by atomic mass is 10.00. The molecule has 112 valence electrons. The first kappa shape index (κ1) is 15.5. The van der Waals surface area contributed by atoms with E-state index in [-0.39, 0.29) is 0 Å². The van der Waals surface area contributed by atoms with Crippen molar-refractivity contribution in [2.75, 3.05) is 0 Å². The van der Waals surface area contributed by atoms with Crippen LogP contribution in [-0.2, 0) is 9.59 Å². The highest BCUT2D eigenvalue weighted by molar-refractivity contribution is 5.93. The first-order chi connectivity index (χ1) is 10.5. The predicted octanol–water partition coefficient (Wildman–Crippen LogP) is 3.64. The van der Waals surface area contributed by atoms with Gasteiger partial charge in [0, 0.05) is 12.2 Å². The molecule has 0 spiro atoms. The average Bonchev–Trinajstić information content (AvgIpc) is 2.52. The molecule has 0 unspecified atom stereocenters. The number of rotatable bonds is 4. The number of hydrogen-bond acceptors (Lipinski definition) is 4. The van der Waals surface area contributed by atoms with E-state index in [4.69, 9.17) is 9.47 Å². The second kappa shape index (κ2) is 6.26. The first-order valence-electron chi connectivity index (χ1n) is 6.68. The Bertz CT molecular complexity index is 787. The topological polar surface area (TPSA) is 52.6 Å². The normalized spacial score (nSPS) is 10.1. The molecule has 2 aromatic carbocycles. The smallest absolute Gasteiger partial charge is 0.335 e. The van der Waals surface area contributed by atoms with Crippen LogP contribution >= 0.6 is 0 Å². The maximum atomic E-state index is 11.4. The Morgan fingerprint density at radius 2 is 1.59 bits per heavy atom. The van der Waals surface area contributed by atoms with E-state index in [1.807, 2.05) is 19.9 Å². The fourth-order valence-corrected chi connectivity index (χ4v) is 2.17. The molecule has 0 heterocycles. The third-order valence-electron chi connectivity index (χ3n) is 3.30. The number of carbonyl (C=O) groups excluding carboxylic acids is 2. The summed E-state index contributed by atoms with van der Waals surface area (Å²) in [4.78, 5) is 22.7. The van der Waals surface area contributed by atoms with Crippen LogP contribution in [0, 0.1) is 13.8 Å². The van der Waals surface area contributed by atoms with Gasteiger partial charge in [-0.05, 0) is 53.9 Å². The molecule has 0 aliphatic heterocycles. The fourth-order valence-electron chi connectivity index (χ4n) is 2.17. The summed E-state index contributed by atoms with van der Waals surface area (Å²) in [6.07, 6.45) is 2.23. The van der Waals surface area contributed by atoms with E-state index in [9.17, 15) is 9.59 Å². The molecule has 0 aromatic heterocycles. The second-order valence-corrected chi connectivity index (χ2v) is 4.77. The van der Waals surface area contributed by atoms with Crippen molar-refractivity contribution in [3.8, 4) is 11.5 Å². The minimum Gasteiger partial charge on any atom is -0.423 e. The van der Waals surface area contributed by atoms with Crippen molar-refractivity contribution in [1.82, 2.24) is 0 Å². The van der Waals surface area contributed by atoms with Gasteiger partial charge in [0.2, 0.25) is 0 Å². The third kappa shape index (κ3) is 3.06. The van der Waals surface area contributed by atoms with Crippen molar-refractivity contribution in [2.45, 2.75) is 13.8 Å². The summed E-state index contributed by atoms with van der Waals surface area (Å²) >= 11 is 0. The number of aryl methyl sites for hydroxylation is 2. The summed E-state index contributed by atoms with van der Waals surface area (Å²) in [7, 11) is 0. The van der Waals surface area contributed by atoms with Crippen LogP contribution in [0.2, 0.25) is 0 Å². The van der Waals surface area contributed by atoms with E-state index in [1.165, 1.54) is 0 Å². The van der Waals surface area contributed by atoms with Crippen LogP contribution in [0.4, 0.5) is 0 Å². The largest absolute Gasteiger partial charge is 0.423 e. The summed E-state index contributed by atoms with van der Waals surface area (Å²) in [5.41, 5.74) is 1.74. The molecule has 0 amide bonds. The highest BCUT2D eigenvalue weighted by Gasteiger charge is 2.11. The van der Waals surface area contributed by atoms with E-state index in [0.717, 1.165) is 34.1 Å². The zero-order valence-electron chi connectivity index (χ0n) is 12.5. The molecule has 0 radical (unpaired) electrons. The van der Waals surface area contributed by atoms with Crippen molar-refractivity contribution in [2.24, 2.45) is 0 Å². The lowest BCUT2D eigenvalue weighted by Crippen LogP contribution is -2.05. The number of esters is 2. The lowest BCUT2D eigenvalue weighted by molar-refractivity contribution is -0.129. The molecule has 2 aromatic rings. The van der Waals surface area contributed by atoms with Crippen LogP contribution in [0.3, 0.4) is 0 Å². The Kier molecular flexibility index (Phi) is 4.41. The molecule has 0 bridgehead atoms. The summed E-state index contributed by atoms with van der Waals surface area (Å²) in [5, 5.41) is 1.84. The third-order valence-corrected chi connectivity index (χ3v) is 3.30. The van der Waals surface area contributed by atoms with Gasteiger partial charge in [-0.25, -0.2) is 9.59 Å². The Morgan fingerprint density at radius 1 is 0.955 bits per heavy atom. The maximum absolute atomic E-state index is 11.4. The minimum absolute atomic E-state index is 0.440. The van der Waals surface area contributed by atoms with Crippen LogP contribution in [0.25, 0.3) is 10.8 Å². The number of carbonyl (C=O) groups is 2. The van der Waals surface area contributed by atoms with Crippen LogP contribution in [-0.4, -0.2) is 11.9 Å². The van der Waals surface area contributed by atoms with Crippen LogP contribution < -0.4 is 9.47 Å². The van der Waals surface area contributed by atoms with Gasteiger partial charge < -0.3 is 9.47 Å². The standard InChI is InChI=1S/C18H16O4/c1-5-17(19)21-13-7-8-14-12(4)16(22-18(20)6-2)9-11(3)15(14)10-13/h5-10H,1-2H2,3-4H3. The van der Waals surface area contributed by atoms with Gasteiger partial charge in [0.1, 0.15) is 11.5 Å². The van der Waals surface area contributed by atoms with Crippen molar-refractivity contribution in [3.63, 3.8) is 0 Å². The van der Waals surface area contributed by atoms with Gasteiger partial charge in [0.05, 0.1) is 0 Å². The molecule has 2 rings (SSSR count). The number of fused-ring (bicyclic) bond motifs is 1. The highest BCUT2D eigenvalue weighted by Crippen LogP contribution is 2.33. The average molecular weight is 296 g/mol. The van der Waals surface area contributed by atoms with E-state index >= 15 is 0 Å². The zero-order valence-corrected chi connectivity index (χ0v) is 12.5. The van der Waals surface area contributed by atoms with Crippen molar-refractivity contribution >= 4 is 22.7 Å². The maximum Gasteiger partial charge on any atom is 0.335 e. The molecule has 4 heteroatoms. The van der Waals surface area contributed by atoms with Gasteiger partial charge in [-0.2, -0.15) is 0 Å². The summed E-state index contributed by atoms with van der Waals surface area (Å²) in [6.45, 7) is 10.5. The van der Waals surface area contributed by atoms with Gasteiger partial charge in [-0.15, -0.1) is 0 Å². The fraction of sp³-hybridized carbons (Fsp3) is 0.111. The van der Waals surface area contributed by atoms with Crippen molar-refractivity contribution < 1.29 is 19.1 Å². The second-order valence-electron chi connectivity index (χ2n) is 4.77. The molecular formula is C18H16O4. The molecule has 0 atom stereocenters. The molecule has 0 fully saturated rings. The monoisotopic (exact) mass is 296 g/mol. The molecule has 22 heavy (non-hydrogen) atoms. The first-order valence-corrected chi connectivity index (χ1v) is 6.68. The van der Waals surface area contributed by atoms with E-state index < -0.39 is 11.9 Å². The Labute approximate surface area is 128 Å². The van der Waals surface area contributed by atoms with Crippen molar-refractivity contribution in [1.29, 1.82) is 0 Å². The molecule has 4 nitrogen and oxygen atoms in total. The predicted molar refractivity (Wildman–Crippen MR) is 85.1 cm³/mol. The quantitative estimate of drug-likeness (QED) is 0.491. The van der Waals surface area contributed by atoms with Crippen LogP contribution in [0.15, 0.2) is 49.6 Å². The highest BCUT2D eigenvalue weighted by atomic mass is 16.5. The number of ether oxygens (including phenoxy) is 2. The summed E-state index contributed by atoms with van der Waals surface area (Å²) in [5.74, 6) is -0.0786. The Balaban J connectivity index is 2.51. The van der Waals surface area contributed by atoms with E-state index in [2.05, 4.69) is 13.2 Å². The van der Waals surface area contributed by atoms with Gasteiger partial charge in [0.15, 0.2) is 0 Å². The SMILES string of the molecule is C=CC(=O)Oc1ccc2c(C)c(OC(=O)C=C)cc(C)c2c1. The molecule has 0 aliphatic rings. The molecular weight excluding hydrogens is 280 g/mol. The van der Waals surface area contributed by atoms with Gasteiger partial charge >= 0.3 is 11.9 Å². The molecule has 0 aliphatic carbocycles. The lowest BCUT2D eigenvalue weighted by Gasteiger charge is -2.12. The van der Waals surface area contributed by atoms with Crippen molar-refractivity contribution in [3.05, 3.63) is 60.7 Å². The molecule has 0 saturated heterocycles. The van der Waals surface area contributed by atoms with E-state index in [1.54, 1.807) is 18.2 Å². The Morgan fingerprint density at radius 3 is 2.23 bits per heavy atom. The van der Waals surface area contributed by atoms with Crippen LogP contribution in [0.5, 0.6) is 11.5 Å². The van der Waals surface area contributed by atoms with Crippen LogP contribution in [0.1, 0.15) is 11.1 Å². The number of benzene rings is 2. The van der Waals surface area contributed by atoms with Gasteiger partial charge in [-0.1, -0.05) is 19.2 Å².